The van der Waals surface area contributed by atoms with Gasteiger partial charge < -0.3 is 11.1 Å². The van der Waals surface area contributed by atoms with E-state index in [1.54, 1.807) is 0 Å². The molecule has 1 rings (SSSR count). The van der Waals surface area contributed by atoms with Gasteiger partial charge in [-0.1, -0.05) is 20.8 Å². The third-order valence-electron chi connectivity index (χ3n) is 2.11. The molecular formula is C9H22N2. The highest BCUT2D eigenvalue weighted by Crippen LogP contribution is 2.38. The number of hydrogen-bond donors (Lipinski definition) is 2. The van der Waals surface area contributed by atoms with Crippen molar-refractivity contribution in [2.45, 2.75) is 39.7 Å². The van der Waals surface area contributed by atoms with Crippen molar-refractivity contribution in [3.05, 3.63) is 0 Å². The van der Waals surface area contributed by atoms with Gasteiger partial charge in [0.1, 0.15) is 0 Å². The second-order valence-electron chi connectivity index (χ2n) is 3.51. The second kappa shape index (κ2) is 4.73. The summed E-state index contributed by atoms with van der Waals surface area (Å²) in [5.41, 5.74) is 6.16. The summed E-state index contributed by atoms with van der Waals surface area (Å²) in [5, 5.41) is 3.18. The molecule has 1 aliphatic carbocycles. The molecule has 2 nitrogen and oxygen atoms in total. The van der Waals surface area contributed by atoms with Crippen LogP contribution in [0.25, 0.3) is 0 Å². The number of nitrogens with two attached hydrogens (primary N) is 1. The lowest BCUT2D eigenvalue weighted by molar-refractivity contribution is 0.129. The van der Waals surface area contributed by atoms with Crippen LogP contribution < -0.4 is 11.1 Å². The molecular weight excluding hydrogens is 136 g/mol. The Labute approximate surface area is 70.5 Å². The van der Waals surface area contributed by atoms with E-state index in [9.17, 15) is 0 Å². The summed E-state index contributed by atoms with van der Waals surface area (Å²) in [6, 6.07) is 0.475. The molecule has 0 saturated heterocycles. The fraction of sp³-hybridized carbons (Fsp3) is 1.00. The van der Waals surface area contributed by atoms with Crippen LogP contribution in [-0.2, 0) is 0 Å². The molecule has 1 aliphatic rings. The van der Waals surface area contributed by atoms with E-state index in [0.717, 1.165) is 6.54 Å². The van der Waals surface area contributed by atoms with Gasteiger partial charge in [0.25, 0.3) is 0 Å². The van der Waals surface area contributed by atoms with Crippen LogP contribution >= 0.6 is 0 Å². The van der Waals surface area contributed by atoms with Gasteiger partial charge in [-0.15, -0.1) is 0 Å². The van der Waals surface area contributed by atoms with Gasteiger partial charge in [0.2, 0.25) is 0 Å². The SMILES string of the molecule is CC.CNCC1(C)CC(N)C1. The standard InChI is InChI=1S/C7H16N2.C2H6/c1-7(5-9-2)3-6(8)4-7;1-2/h6,9H,3-5,8H2,1-2H3;1-2H3. The van der Waals surface area contributed by atoms with Gasteiger partial charge >= 0.3 is 0 Å². The van der Waals surface area contributed by atoms with E-state index in [-0.39, 0.29) is 0 Å². The number of rotatable bonds is 2. The Morgan fingerprint density at radius 3 is 2.18 bits per heavy atom. The molecule has 0 aromatic carbocycles. The molecule has 0 spiro atoms. The third-order valence-corrected chi connectivity index (χ3v) is 2.11. The molecule has 3 N–H and O–H groups in total. The molecule has 0 radical (unpaired) electrons. The van der Waals surface area contributed by atoms with Crippen molar-refractivity contribution < 1.29 is 0 Å². The summed E-state index contributed by atoms with van der Waals surface area (Å²) in [6.45, 7) is 7.40. The first-order chi connectivity index (χ1) is 5.16. The minimum Gasteiger partial charge on any atom is -0.328 e. The summed E-state index contributed by atoms with van der Waals surface area (Å²) in [5.74, 6) is 0. The lowest BCUT2D eigenvalue weighted by atomic mass is 9.67. The molecule has 0 atom stereocenters. The van der Waals surface area contributed by atoms with Crippen molar-refractivity contribution in [2.24, 2.45) is 11.1 Å². The summed E-state index contributed by atoms with van der Waals surface area (Å²) < 4.78 is 0. The van der Waals surface area contributed by atoms with E-state index in [0.29, 0.717) is 11.5 Å². The normalized spacial score (nSPS) is 35.2. The molecule has 0 aromatic rings. The van der Waals surface area contributed by atoms with Gasteiger partial charge in [-0.05, 0) is 25.3 Å². The average molecular weight is 158 g/mol. The maximum Gasteiger partial charge on any atom is 0.00501 e. The maximum absolute atomic E-state index is 5.66. The van der Waals surface area contributed by atoms with Crippen molar-refractivity contribution in [3.63, 3.8) is 0 Å². The maximum atomic E-state index is 5.66. The second-order valence-corrected chi connectivity index (χ2v) is 3.51. The summed E-state index contributed by atoms with van der Waals surface area (Å²) in [4.78, 5) is 0. The third kappa shape index (κ3) is 3.21. The van der Waals surface area contributed by atoms with Crippen LogP contribution in [0.3, 0.4) is 0 Å². The molecule has 0 amide bonds. The number of hydrogen-bond acceptors (Lipinski definition) is 2. The Kier molecular flexibility index (Phi) is 4.69. The van der Waals surface area contributed by atoms with E-state index in [1.807, 2.05) is 20.9 Å². The first-order valence-electron chi connectivity index (χ1n) is 4.56. The highest BCUT2D eigenvalue weighted by atomic mass is 14.9. The molecule has 0 bridgehead atoms. The molecule has 0 heterocycles. The first kappa shape index (κ1) is 10.9. The van der Waals surface area contributed by atoms with Crippen molar-refractivity contribution in [1.29, 1.82) is 0 Å². The average Bonchev–Trinajstić information content (AvgIpc) is 1.90. The molecule has 11 heavy (non-hydrogen) atoms. The van der Waals surface area contributed by atoms with Crippen molar-refractivity contribution in [1.82, 2.24) is 5.32 Å². The zero-order valence-corrected chi connectivity index (χ0v) is 8.28. The van der Waals surface area contributed by atoms with Crippen LogP contribution in [0, 0.1) is 5.41 Å². The zero-order chi connectivity index (χ0) is 8.91. The van der Waals surface area contributed by atoms with Gasteiger partial charge in [-0.2, -0.15) is 0 Å². The summed E-state index contributed by atoms with van der Waals surface area (Å²) in [6.07, 6.45) is 2.38. The minimum atomic E-state index is 0.475. The lowest BCUT2D eigenvalue weighted by Crippen LogP contribution is -2.48. The Morgan fingerprint density at radius 1 is 1.45 bits per heavy atom. The van der Waals surface area contributed by atoms with Crippen molar-refractivity contribution >= 4 is 0 Å². The van der Waals surface area contributed by atoms with E-state index < -0.39 is 0 Å². The van der Waals surface area contributed by atoms with E-state index in [1.165, 1.54) is 12.8 Å². The molecule has 0 aromatic heterocycles. The molecule has 1 saturated carbocycles. The van der Waals surface area contributed by atoms with Crippen LogP contribution in [-0.4, -0.2) is 19.6 Å². The van der Waals surface area contributed by atoms with E-state index >= 15 is 0 Å². The predicted octanol–water partition coefficient (Wildman–Crippen LogP) is 1.36. The van der Waals surface area contributed by atoms with Gasteiger partial charge in [-0.25, -0.2) is 0 Å². The van der Waals surface area contributed by atoms with Crippen LogP contribution in [0.2, 0.25) is 0 Å². The van der Waals surface area contributed by atoms with Gasteiger partial charge in [0, 0.05) is 12.6 Å². The monoisotopic (exact) mass is 158 g/mol. The molecule has 0 aliphatic heterocycles. The van der Waals surface area contributed by atoms with Gasteiger partial charge in [0.15, 0.2) is 0 Å². The Bertz CT molecular complexity index is 90.2. The largest absolute Gasteiger partial charge is 0.328 e. The van der Waals surface area contributed by atoms with Crippen molar-refractivity contribution in [3.8, 4) is 0 Å². The van der Waals surface area contributed by atoms with Crippen LogP contribution in [0.15, 0.2) is 0 Å². The minimum absolute atomic E-state index is 0.475. The lowest BCUT2D eigenvalue weighted by Gasteiger charge is -2.43. The fourth-order valence-corrected chi connectivity index (χ4v) is 1.78. The Balaban J connectivity index is 0.000000461. The van der Waals surface area contributed by atoms with Crippen LogP contribution in [0.1, 0.15) is 33.6 Å². The summed E-state index contributed by atoms with van der Waals surface area (Å²) >= 11 is 0. The Hall–Kier alpha value is -0.0800. The highest BCUT2D eigenvalue weighted by molar-refractivity contribution is 4.93. The van der Waals surface area contributed by atoms with Crippen LogP contribution in [0.5, 0.6) is 0 Å². The van der Waals surface area contributed by atoms with Gasteiger partial charge in [-0.3, -0.25) is 0 Å². The van der Waals surface area contributed by atoms with E-state index in [2.05, 4.69) is 12.2 Å². The molecule has 68 valence electrons. The zero-order valence-electron chi connectivity index (χ0n) is 8.28. The van der Waals surface area contributed by atoms with Crippen molar-refractivity contribution in [2.75, 3.05) is 13.6 Å². The highest BCUT2D eigenvalue weighted by Gasteiger charge is 2.37. The van der Waals surface area contributed by atoms with E-state index in [4.69, 9.17) is 5.73 Å². The smallest absolute Gasteiger partial charge is 0.00501 e. The summed E-state index contributed by atoms with van der Waals surface area (Å²) in [7, 11) is 2.00. The molecule has 1 fully saturated rings. The first-order valence-corrected chi connectivity index (χ1v) is 4.56. The fourth-order valence-electron chi connectivity index (χ4n) is 1.78. The number of nitrogens with one attached hydrogen (secondary N) is 1. The van der Waals surface area contributed by atoms with Crippen LogP contribution in [0.4, 0.5) is 0 Å². The quantitative estimate of drug-likeness (QED) is 0.637. The van der Waals surface area contributed by atoms with Gasteiger partial charge in [0.05, 0.1) is 0 Å². The Morgan fingerprint density at radius 2 is 1.91 bits per heavy atom. The molecule has 2 heteroatoms. The predicted molar refractivity (Wildman–Crippen MR) is 50.6 cm³/mol. The molecule has 0 unspecified atom stereocenters. The topological polar surface area (TPSA) is 38.0 Å².